The molecule has 0 unspecified atom stereocenters. The summed E-state index contributed by atoms with van der Waals surface area (Å²) in [6.07, 6.45) is 1.66. The van der Waals surface area contributed by atoms with Crippen molar-refractivity contribution < 1.29 is 42.5 Å². The molecule has 0 spiro atoms. The van der Waals surface area contributed by atoms with Gasteiger partial charge in [0.15, 0.2) is 17.5 Å². The summed E-state index contributed by atoms with van der Waals surface area (Å²) < 4.78 is 42.4. The molecule has 0 radical (unpaired) electrons. The first-order valence-electron chi connectivity index (χ1n) is 13.5. The number of para-hydroxylation sites is 1. The summed E-state index contributed by atoms with van der Waals surface area (Å²) in [5.74, 6) is -1.52. The third-order valence-electron chi connectivity index (χ3n) is 6.44. The molecule has 11 heteroatoms. The number of amides is 1. The fourth-order valence-electron chi connectivity index (χ4n) is 4.08. The number of aromatic nitrogens is 1. The van der Waals surface area contributed by atoms with E-state index in [1.54, 1.807) is 37.3 Å². The van der Waals surface area contributed by atoms with E-state index < -0.39 is 41.9 Å². The number of carbonyl (C=O) groups excluding carboxylic acids is 3. The topological polar surface area (TPSA) is 122 Å². The highest BCUT2D eigenvalue weighted by Crippen LogP contribution is 2.36. The summed E-state index contributed by atoms with van der Waals surface area (Å²) in [5, 5.41) is 2.52. The number of pyridine rings is 1. The van der Waals surface area contributed by atoms with Crippen molar-refractivity contribution in [2.24, 2.45) is 5.92 Å². The summed E-state index contributed by atoms with van der Waals surface area (Å²) in [6.45, 7) is 4.69. The fourth-order valence-corrected chi connectivity index (χ4v) is 4.08. The number of hydrogen-bond donors (Lipinski definition) is 1. The molecule has 1 fully saturated rings. The molecule has 4 rings (SSSR count). The smallest absolute Gasteiger partial charge is 0.328 e. The molecule has 3 aromatic rings. The van der Waals surface area contributed by atoms with Crippen LogP contribution in [-0.4, -0.2) is 48.7 Å². The minimum atomic E-state index is -1.13. The molecule has 1 N–H and O–H groups in total. The van der Waals surface area contributed by atoms with Crippen molar-refractivity contribution >= 4 is 17.8 Å². The van der Waals surface area contributed by atoms with E-state index in [-0.39, 0.29) is 17.2 Å². The maximum Gasteiger partial charge on any atom is 0.328 e. The third-order valence-corrected chi connectivity index (χ3v) is 6.44. The van der Waals surface area contributed by atoms with Crippen LogP contribution < -0.4 is 24.3 Å². The van der Waals surface area contributed by atoms with Crippen LogP contribution in [0.25, 0.3) is 0 Å². The standard InChI is InChI=1S/C31H33FN2O8/c1-18(34-30(36)27-29(41-20(3)35)25(38-4)14-15-33-27)31(37)40-19(2)28(42-23-8-6-5-7-9-23)24-13-12-22(32)16-26(24)39-17-21-10-11-21/h5-9,12-16,18-19,21,28H,10-11,17H2,1-4H3,(H,34,36)/t18-,19-,28-/m0/s1. The second-order valence-electron chi connectivity index (χ2n) is 9.91. The van der Waals surface area contributed by atoms with Crippen LogP contribution in [-0.2, 0) is 14.3 Å². The first-order valence-corrected chi connectivity index (χ1v) is 13.5. The zero-order valence-electron chi connectivity index (χ0n) is 23.8. The number of methoxy groups -OCH3 is 1. The minimum absolute atomic E-state index is 0.120. The number of rotatable bonds is 13. The lowest BCUT2D eigenvalue weighted by molar-refractivity contribution is -0.154. The predicted molar refractivity (Wildman–Crippen MR) is 149 cm³/mol. The second kappa shape index (κ2) is 13.8. The molecular formula is C31H33FN2O8. The van der Waals surface area contributed by atoms with Crippen LogP contribution >= 0.6 is 0 Å². The number of halogens is 1. The van der Waals surface area contributed by atoms with Crippen LogP contribution in [0, 0.1) is 11.7 Å². The van der Waals surface area contributed by atoms with Gasteiger partial charge in [-0.3, -0.25) is 9.59 Å². The van der Waals surface area contributed by atoms with Crippen molar-refractivity contribution in [3.8, 4) is 23.0 Å². The molecule has 3 atom stereocenters. The number of nitrogens with one attached hydrogen (secondary N) is 1. The number of carbonyl (C=O) groups is 3. The third kappa shape index (κ3) is 7.96. The highest BCUT2D eigenvalue weighted by Gasteiger charge is 2.32. The van der Waals surface area contributed by atoms with Gasteiger partial charge in [-0.2, -0.15) is 0 Å². The van der Waals surface area contributed by atoms with Crippen molar-refractivity contribution in [3.05, 3.63) is 77.9 Å². The van der Waals surface area contributed by atoms with Gasteiger partial charge in [-0.05, 0) is 56.9 Å². The lowest BCUT2D eigenvalue weighted by Crippen LogP contribution is -2.42. The van der Waals surface area contributed by atoms with Gasteiger partial charge in [-0.25, -0.2) is 14.2 Å². The summed E-state index contributed by atoms with van der Waals surface area (Å²) in [4.78, 5) is 41.7. The molecule has 1 saturated carbocycles. The van der Waals surface area contributed by atoms with Crippen LogP contribution in [0.1, 0.15) is 55.8 Å². The van der Waals surface area contributed by atoms with Gasteiger partial charge in [-0.15, -0.1) is 0 Å². The molecule has 42 heavy (non-hydrogen) atoms. The first kappa shape index (κ1) is 30.3. The number of nitrogens with zero attached hydrogens (tertiary/aromatic N) is 1. The van der Waals surface area contributed by atoms with Crippen LogP contribution in [0.2, 0.25) is 0 Å². The summed E-state index contributed by atoms with van der Waals surface area (Å²) >= 11 is 0. The summed E-state index contributed by atoms with van der Waals surface area (Å²) in [7, 11) is 1.35. The Morgan fingerprint density at radius 2 is 1.79 bits per heavy atom. The quantitative estimate of drug-likeness (QED) is 0.284. The Labute approximate surface area is 243 Å². The predicted octanol–water partition coefficient (Wildman–Crippen LogP) is 4.81. The highest BCUT2D eigenvalue weighted by atomic mass is 19.1. The van der Waals surface area contributed by atoms with Crippen LogP contribution in [0.3, 0.4) is 0 Å². The van der Waals surface area contributed by atoms with E-state index in [1.165, 1.54) is 45.4 Å². The number of ether oxygens (including phenoxy) is 5. The molecule has 1 heterocycles. The Balaban J connectivity index is 1.52. The van der Waals surface area contributed by atoms with Gasteiger partial charge >= 0.3 is 11.9 Å². The van der Waals surface area contributed by atoms with Crippen molar-refractivity contribution in [1.82, 2.24) is 10.3 Å². The molecule has 222 valence electrons. The van der Waals surface area contributed by atoms with E-state index in [1.807, 2.05) is 6.07 Å². The largest absolute Gasteiger partial charge is 0.493 e. The Morgan fingerprint density at radius 1 is 1.05 bits per heavy atom. The molecule has 1 aromatic heterocycles. The maximum atomic E-state index is 14.2. The first-order chi connectivity index (χ1) is 20.2. The summed E-state index contributed by atoms with van der Waals surface area (Å²) in [6, 6.07) is 13.4. The molecule has 10 nitrogen and oxygen atoms in total. The van der Waals surface area contributed by atoms with Gasteiger partial charge in [0.2, 0.25) is 5.75 Å². The lowest BCUT2D eigenvalue weighted by atomic mass is 10.0. The fraction of sp³-hybridized carbons (Fsp3) is 0.355. The number of hydrogen-bond acceptors (Lipinski definition) is 9. The highest BCUT2D eigenvalue weighted by molar-refractivity contribution is 5.98. The normalized spacial score (nSPS) is 14.6. The van der Waals surface area contributed by atoms with E-state index in [4.69, 9.17) is 23.7 Å². The molecule has 1 amide bonds. The van der Waals surface area contributed by atoms with E-state index >= 15 is 0 Å². The number of esters is 2. The molecule has 0 saturated heterocycles. The van der Waals surface area contributed by atoms with Gasteiger partial charge in [0, 0.05) is 30.8 Å². The molecule has 1 aliphatic rings. The van der Waals surface area contributed by atoms with Crippen LogP contribution in [0.5, 0.6) is 23.0 Å². The van der Waals surface area contributed by atoms with Crippen molar-refractivity contribution in [1.29, 1.82) is 0 Å². The van der Waals surface area contributed by atoms with E-state index in [0.717, 1.165) is 12.8 Å². The molecule has 2 aromatic carbocycles. The average Bonchev–Trinajstić information content (AvgIpc) is 3.80. The minimum Gasteiger partial charge on any atom is -0.493 e. The molecule has 1 aliphatic carbocycles. The second-order valence-corrected chi connectivity index (χ2v) is 9.91. The van der Waals surface area contributed by atoms with Crippen molar-refractivity contribution in [2.45, 2.75) is 51.9 Å². The number of benzene rings is 2. The van der Waals surface area contributed by atoms with Gasteiger partial charge < -0.3 is 29.0 Å². The Hall–Kier alpha value is -4.67. The summed E-state index contributed by atoms with van der Waals surface area (Å²) in [5.41, 5.74) is 0.260. The van der Waals surface area contributed by atoms with Gasteiger partial charge in [0.1, 0.15) is 29.5 Å². The van der Waals surface area contributed by atoms with Gasteiger partial charge in [-0.1, -0.05) is 18.2 Å². The van der Waals surface area contributed by atoms with Crippen LogP contribution in [0.4, 0.5) is 4.39 Å². The van der Waals surface area contributed by atoms with Crippen molar-refractivity contribution in [3.63, 3.8) is 0 Å². The van der Waals surface area contributed by atoms with Crippen LogP contribution in [0.15, 0.2) is 60.8 Å². The van der Waals surface area contributed by atoms with Gasteiger partial charge in [0.25, 0.3) is 5.91 Å². The SMILES string of the molecule is COc1ccnc(C(=O)N[C@@H](C)C(=O)O[C@@H](C)[C@H](Oc2ccccc2)c2ccc(F)cc2OCC2CC2)c1OC(C)=O. The Bertz CT molecular complexity index is 1410. The lowest BCUT2D eigenvalue weighted by Gasteiger charge is -2.28. The molecule has 0 aliphatic heterocycles. The van der Waals surface area contributed by atoms with Crippen molar-refractivity contribution in [2.75, 3.05) is 13.7 Å². The van der Waals surface area contributed by atoms with E-state index in [9.17, 15) is 18.8 Å². The Kier molecular flexibility index (Phi) is 9.95. The monoisotopic (exact) mass is 580 g/mol. The average molecular weight is 581 g/mol. The zero-order valence-corrected chi connectivity index (χ0v) is 23.8. The maximum absolute atomic E-state index is 14.2. The molecule has 0 bridgehead atoms. The van der Waals surface area contributed by atoms with E-state index in [0.29, 0.717) is 29.6 Å². The Morgan fingerprint density at radius 3 is 2.45 bits per heavy atom. The zero-order chi connectivity index (χ0) is 30.2. The molecular weight excluding hydrogens is 547 g/mol. The van der Waals surface area contributed by atoms with Gasteiger partial charge in [0.05, 0.1) is 13.7 Å². The van der Waals surface area contributed by atoms with E-state index in [2.05, 4.69) is 10.3 Å².